The molecule has 8 heteroatoms. The first-order valence-electron chi connectivity index (χ1n) is 8.45. The quantitative estimate of drug-likeness (QED) is 0.651. The monoisotopic (exact) mass is 374 g/mol. The average molecular weight is 374 g/mol. The summed E-state index contributed by atoms with van der Waals surface area (Å²) >= 11 is 1.35. The van der Waals surface area contributed by atoms with Gasteiger partial charge in [-0.05, 0) is 37.3 Å². The summed E-state index contributed by atoms with van der Waals surface area (Å²) in [7, 11) is 0. The number of fused-ring (bicyclic) bond motifs is 1. The number of carbonyl (C=O) groups excluding carboxylic acids is 1. The molecule has 2 unspecified atom stereocenters. The van der Waals surface area contributed by atoms with Crippen molar-refractivity contribution in [3.63, 3.8) is 0 Å². The number of nitrogens with zero attached hydrogens (tertiary/aromatic N) is 2. The lowest BCUT2D eigenvalue weighted by Crippen LogP contribution is -2.34. The molecule has 2 aromatic heterocycles. The Labute approximate surface area is 153 Å². The third-order valence-corrected chi connectivity index (χ3v) is 5.78. The number of β-amino-alcohol motifs (C(OH)–C–C–N with tert-alkyl or cyclic N) is 1. The van der Waals surface area contributed by atoms with Gasteiger partial charge in [-0.3, -0.25) is 4.79 Å². The first-order chi connectivity index (χ1) is 12.5. The summed E-state index contributed by atoms with van der Waals surface area (Å²) in [6.45, 7) is 3.59. The Kier molecular flexibility index (Phi) is 4.47. The first-order valence-corrected chi connectivity index (χ1v) is 9.26. The summed E-state index contributed by atoms with van der Waals surface area (Å²) < 4.78 is 14.9. The van der Waals surface area contributed by atoms with Crippen molar-refractivity contribution >= 4 is 27.5 Å². The van der Waals surface area contributed by atoms with Crippen LogP contribution in [-0.2, 0) is 0 Å². The van der Waals surface area contributed by atoms with E-state index in [0.717, 1.165) is 21.6 Å². The van der Waals surface area contributed by atoms with Crippen LogP contribution in [0.5, 0.6) is 0 Å². The Morgan fingerprint density at radius 2 is 2.19 bits per heavy atom. The Hall–Kier alpha value is -2.29. The van der Waals surface area contributed by atoms with Gasteiger partial charge in [-0.25, -0.2) is 9.07 Å². The zero-order valence-corrected chi connectivity index (χ0v) is 15.0. The van der Waals surface area contributed by atoms with Gasteiger partial charge in [-0.15, -0.1) is 11.3 Å². The van der Waals surface area contributed by atoms with Crippen molar-refractivity contribution in [1.82, 2.24) is 20.4 Å². The van der Waals surface area contributed by atoms with Crippen molar-refractivity contribution < 1.29 is 14.3 Å². The average Bonchev–Trinajstić information content (AvgIpc) is 3.31. The van der Waals surface area contributed by atoms with Crippen LogP contribution in [-0.4, -0.2) is 46.5 Å². The number of hydrogen-bond acceptors (Lipinski definition) is 5. The lowest BCUT2D eigenvalue weighted by atomic mass is 10.1. The molecule has 26 heavy (non-hydrogen) atoms. The molecule has 1 amide bonds. The number of thiophene rings is 1. The second-order valence-electron chi connectivity index (χ2n) is 6.50. The molecule has 1 aliphatic rings. The molecule has 0 saturated carbocycles. The van der Waals surface area contributed by atoms with E-state index in [0.29, 0.717) is 24.5 Å². The Morgan fingerprint density at radius 3 is 2.88 bits per heavy atom. The van der Waals surface area contributed by atoms with Crippen LogP contribution in [0.15, 0.2) is 30.3 Å². The molecule has 0 spiro atoms. The van der Waals surface area contributed by atoms with Gasteiger partial charge in [0.15, 0.2) is 0 Å². The summed E-state index contributed by atoms with van der Waals surface area (Å²) in [4.78, 5) is 13.9. The number of aliphatic hydroxyl groups excluding tert-OH is 1. The molecule has 0 bridgehead atoms. The van der Waals surface area contributed by atoms with E-state index in [-0.39, 0.29) is 17.6 Å². The molecule has 1 saturated heterocycles. The number of aliphatic hydroxyl groups is 1. The van der Waals surface area contributed by atoms with Crippen LogP contribution in [0.2, 0.25) is 0 Å². The van der Waals surface area contributed by atoms with Gasteiger partial charge in [0.05, 0.1) is 22.4 Å². The van der Waals surface area contributed by atoms with E-state index in [1.165, 1.54) is 23.5 Å². The number of aromatic nitrogens is 2. The van der Waals surface area contributed by atoms with Crippen LogP contribution in [0.4, 0.5) is 4.39 Å². The van der Waals surface area contributed by atoms with Gasteiger partial charge in [0.25, 0.3) is 5.91 Å². The van der Waals surface area contributed by atoms with Crippen LogP contribution in [0, 0.1) is 18.7 Å². The summed E-state index contributed by atoms with van der Waals surface area (Å²) in [6.07, 6.45) is -0.424. The summed E-state index contributed by atoms with van der Waals surface area (Å²) in [5, 5.41) is 21.2. The SMILES string of the molecule is Cc1nn(-c2ccc(F)cc2)c2sc(C(=O)NCC3CNCC3O)cc12. The van der Waals surface area contributed by atoms with Crippen molar-refractivity contribution in [3.8, 4) is 5.69 Å². The van der Waals surface area contributed by atoms with Crippen LogP contribution >= 0.6 is 11.3 Å². The van der Waals surface area contributed by atoms with E-state index in [9.17, 15) is 14.3 Å². The minimum Gasteiger partial charge on any atom is -0.391 e. The predicted molar refractivity (Wildman–Crippen MR) is 98.3 cm³/mol. The first kappa shape index (κ1) is 17.1. The maximum atomic E-state index is 13.2. The second kappa shape index (κ2) is 6.79. The van der Waals surface area contributed by atoms with Crippen molar-refractivity contribution in [1.29, 1.82) is 0 Å². The van der Waals surface area contributed by atoms with E-state index < -0.39 is 6.10 Å². The van der Waals surface area contributed by atoms with Crippen molar-refractivity contribution in [2.45, 2.75) is 13.0 Å². The zero-order valence-electron chi connectivity index (χ0n) is 14.2. The molecule has 0 radical (unpaired) electrons. The normalized spacial score (nSPS) is 20.0. The third kappa shape index (κ3) is 3.11. The molecule has 3 N–H and O–H groups in total. The molecule has 0 aliphatic carbocycles. The predicted octanol–water partition coefficient (Wildman–Crippen LogP) is 1.84. The molecule has 136 valence electrons. The van der Waals surface area contributed by atoms with Crippen LogP contribution < -0.4 is 10.6 Å². The van der Waals surface area contributed by atoms with Gasteiger partial charge in [0.2, 0.25) is 0 Å². The van der Waals surface area contributed by atoms with Gasteiger partial charge >= 0.3 is 0 Å². The molecule has 1 fully saturated rings. The summed E-state index contributed by atoms with van der Waals surface area (Å²) in [6, 6.07) is 7.94. The summed E-state index contributed by atoms with van der Waals surface area (Å²) in [5.74, 6) is -0.427. The number of halogens is 1. The highest BCUT2D eigenvalue weighted by Crippen LogP contribution is 2.30. The van der Waals surface area contributed by atoms with Gasteiger partial charge in [-0.2, -0.15) is 5.10 Å². The van der Waals surface area contributed by atoms with Gasteiger partial charge in [-0.1, -0.05) is 0 Å². The second-order valence-corrected chi connectivity index (χ2v) is 7.53. The largest absolute Gasteiger partial charge is 0.391 e. The summed E-state index contributed by atoms with van der Waals surface area (Å²) in [5.41, 5.74) is 1.56. The van der Waals surface area contributed by atoms with E-state index in [1.807, 2.05) is 13.0 Å². The van der Waals surface area contributed by atoms with Crippen molar-refractivity contribution in [3.05, 3.63) is 46.7 Å². The fourth-order valence-electron chi connectivity index (χ4n) is 3.15. The lowest BCUT2D eigenvalue weighted by molar-refractivity contribution is 0.0931. The van der Waals surface area contributed by atoms with Gasteiger partial charge < -0.3 is 15.7 Å². The maximum Gasteiger partial charge on any atom is 0.261 e. The van der Waals surface area contributed by atoms with Crippen molar-refractivity contribution in [2.75, 3.05) is 19.6 Å². The number of rotatable bonds is 4. The third-order valence-electron chi connectivity index (χ3n) is 4.67. The molecule has 2 atom stereocenters. The number of benzene rings is 1. The molecular formula is C18H19FN4O2S. The zero-order chi connectivity index (χ0) is 18.3. The Morgan fingerprint density at radius 1 is 1.42 bits per heavy atom. The number of aryl methyl sites for hydroxylation is 1. The van der Waals surface area contributed by atoms with Crippen molar-refractivity contribution in [2.24, 2.45) is 5.92 Å². The number of carbonyl (C=O) groups is 1. The Balaban J connectivity index is 1.58. The smallest absolute Gasteiger partial charge is 0.261 e. The molecule has 6 nitrogen and oxygen atoms in total. The van der Waals surface area contributed by atoms with Gasteiger partial charge in [0.1, 0.15) is 10.6 Å². The van der Waals surface area contributed by atoms with Gasteiger partial charge in [0, 0.05) is 30.9 Å². The minimum atomic E-state index is -0.424. The molecular weight excluding hydrogens is 355 g/mol. The molecule has 3 heterocycles. The maximum absolute atomic E-state index is 13.2. The van der Waals surface area contributed by atoms with E-state index in [4.69, 9.17) is 0 Å². The van der Waals surface area contributed by atoms with E-state index in [2.05, 4.69) is 15.7 Å². The highest BCUT2D eigenvalue weighted by Gasteiger charge is 2.25. The number of amides is 1. The molecule has 3 aromatic rings. The molecule has 4 rings (SSSR count). The molecule has 1 aliphatic heterocycles. The highest BCUT2D eigenvalue weighted by molar-refractivity contribution is 7.20. The highest BCUT2D eigenvalue weighted by atomic mass is 32.1. The fraction of sp³-hybridized carbons (Fsp3) is 0.333. The van der Waals surface area contributed by atoms with E-state index >= 15 is 0 Å². The lowest BCUT2D eigenvalue weighted by Gasteiger charge is -2.13. The number of hydrogen-bond donors (Lipinski definition) is 3. The standard InChI is InChI=1S/C18H19FN4O2S/c1-10-14-6-16(17(25)21-8-11-7-20-9-15(11)24)26-18(14)23(22-10)13-4-2-12(19)3-5-13/h2-6,11,15,20,24H,7-9H2,1H3,(H,21,25). The topological polar surface area (TPSA) is 79.2 Å². The van der Waals surface area contributed by atoms with Crippen LogP contribution in [0.25, 0.3) is 15.9 Å². The van der Waals surface area contributed by atoms with Crippen LogP contribution in [0.1, 0.15) is 15.4 Å². The fourth-order valence-corrected chi connectivity index (χ4v) is 4.25. The molecule has 1 aromatic carbocycles. The van der Waals surface area contributed by atoms with E-state index in [1.54, 1.807) is 16.8 Å². The van der Waals surface area contributed by atoms with Crippen LogP contribution in [0.3, 0.4) is 0 Å². The minimum absolute atomic E-state index is 0.0322. The number of nitrogens with one attached hydrogen (secondary N) is 2. The Bertz CT molecular complexity index is 950.